The van der Waals surface area contributed by atoms with Gasteiger partial charge < -0.3 is 9.84 Å². The first-order valence-electron chi connectivity index (χ1n) is 6.60. The van der Waals surface area contributed by atoms with E-state index >= 15 is 0 Å². The van der Waals surface area contributed by atoms with E-state index in [1.54, 1.807) is 12.1 Å². The summed E-state index contributed by atoms with van der Waals surface area (Å²) in [4.78, 5) is 0. The number of ether oxygens (including phenoxy) is 1. The van der Waals surface area contributed by atoms with Gasteiger partial charge in [0.15, 0.2) is 0 Å². The third kappa shape index (κ3) is 3.33. The minimum absolute atomic E-state index is 0.0177. The van der Waals surface area contributed by atoms with Gasteiger partial charge in [-0.1, -0.05) is 35.4 Å². The van der Waals surface area contributed by atoms with Crippen molar-refractivity contribution in [2.45, 2.75) is 34.0 Å². The van der Waals surface area contributed by atoms with Crippen LogP contribution in [0.1, 0.15) is 27.8 Å². The summed E-state index contributed by atoms with van der Waals surface area (Å²) >= 11 is 6.14. The van der Waals surface area contributed by atoms with Crippen molar-refractivity contribution < 1.29 is 9.84 Å². The first kappa shape index (κ1) is 14.9. The highest BCUT2D eigenvalue weighted by Gasteiger charge is 2.07. The van der Waals surface area contributed by atoms with Gasteiger partial charge in [0.1, 0.15) is 12.4 Å². The first-order valence-corrected chi connectivity index (χ1v) is 6.98. The molecular formula is C17H19ClO2. The molecule has 20 heavy (non-hydrogen) atoms. The topological polar surface area (TPSA) is 29.5 Å². The van der Waals surface area contributed by atoms with E-state index in [2.05, 4.69) is 32.9 Å². The van der Waals surface area contributed by atoms with Gasteiger partial charge in [0.05, 0.1) is 11.6 Å². The van der Waals surface area contributed by atoms with Crippen molar-refractivity contribution in [2.24, 2.45) is 0 Å². The van der Waals surface area contributed by atoms with E-state index < -0.39 is 0 Å². The Labute approximate surface area is 125 Å². The quantitative estimate of drug-likeness (QED) is 0.908. The molecule has 0 aromatic heterocycles. The highest BCUT2D eigenvalue weighted by atomic mass is 35.5. The molecule has 0 atom stereocenters. The van der Waals surface area contributed by atoms with Crippen LogP contribution < -0.4 is 4.74 Å². The van der Waals surface area contributed by atoms with Crippen molar-refractivity contribution in [1.82, 2.24) is 0 Å². The number of aliphatic hydroxyl groups is 1. The summed E-state index contributed by atoms with van der Waals surface area (Å²) in [6.45, 7) is 6.76. The number of halogens is 1. The van der Waals surface area contributed by atoms with E-state index in [0.29, 0.717) is 17.4 Å². The molecule has 0 radical (unpaired) electrons. The minimum atomic E-state index is -0.0177. The normalized spacial score (nSPS) is 10.7. The van der Waals surface area contributed by atoms with Crippen molar-refractivity contribution in [3.8, 4) is 5.75 Å². The van der Waals surface area contributed by atoms with Crippen LogP contribution in [0.2, 0.25) is 5.02 Å². The number of aliphatic hydroxyl groups excluding tert-OH is 1. The van der Waals surface area contributed by atoms with E-state index in [1.165, 1.54) is 22.3 Å². The molecule has 2 aromatic carbocycles. The lowest BCUT2D eigenvalue weighted by Crippen LogP contribution is -2.02. The van der Waals surface area contributed by atoms with Crippen LogP contribution in [0.25, 0.3) is 0 Å². The number of benzene rings is 2. The summed E-state index contributed by atoms with van der Waals surface area (Å²) in [6, 6.07) is 9.65. The summed E-state index contributed by atoms with van der Waals surface area (Å²) in [5.74, 6) is 0.642. The lowest BCUT2D eigenvalue weighted by atomic mass is 10.0. The Morgan fingerprint density at radius 3 is 2.25 bits per heavy atom. The molecule has 0 saturated heterocycles. The molecule has 0 heterocycles. The lowest BCUT2D eigenvalue weighted by molar-refractivity contribution is 0.280. The smallest absolute Gasteiger partial charge is 0.138 e. The zero-order valence-corrected chi connectivity index (χ0v) is 12.8. The zero-order valence-electron chi connectivity index (χ0n) is 12.0. The fourth-order valence-electron chi connectivity index (χ4n) is 2.35. The Kier molecular flexibility index (Phi) is 4.69. The number of aryl methyl sites for hydroxylation is 3. The maximum atomic E-state index is 9.06. The van der Waals surface area contributed by atoms with E-state index in [0.717, 1.165) is 5.56 Å². The monoisotopic (exact) mass is 290 g/mol. The maximum absolute atomic E-state index is 9.06. The van der Waals surface area contributed by atoms with Gasteiger partial charge in [-0.3, -0.25) is 0 Å². The van der Waals surface area contributed by atoms with Crippen molar-refractivity contribution in [2.75, 3.05) is 0 Å². The molecule has 0 spiro atoms. The Hall–Kier alpha value is -1.51. The van der Waals surface area contributed by atoms with Crippen LogP contribution in [0.15, 0.2) is 30.3 Å². The fraction of sp³-hybridized carbons (Fsp3) is 0.294. The van der Waals surface area contributed by atoms with Crippen LogP contribution in [0.5, 0.6) is 5.75 Å². The third-order valence-electron chi connectivity index (χ3n) is 3.39. The molecule has 0 bridgehead atoms. The van der Waals surface area contributed by atoms with Gasteiger partial charge in [-0.2, -0.15) is 0 Å². The lowest BCUT2D eigenvalue weighted by Gasteiger charge is -2.14. The summed E-state index contributed by atoms with van der Waals surface area (Å²) in [5.41, 5.74) is 5.69. The molecule has 0 fully saturated rings. The fourth-order valence-corrected chi connectivity index (χ4v) is 2.60. The molecule has 2 rings (SSSR count). The molecule has 3 heteroatoms. The second-order valence-electron chi connectivity index (χ2n) is 5.09. The molecule has 106 valence electrons. The number of hydrogen-bond donors (Lipinski definition) is 1. The Morgan fingerprint density at radius 2 is 1.70 bits per heavy atom. The molecule has 0 aliphatic rings. The summed E-state index contributed by atoms with van der Waals surface area (Å²) < 4.78 is 5.81. The molecule has 2 aromatic rings. The summed E-state index contributed by atoms with van der Waals surface area (Å²) in [7, 11) is 0. The molecule has 0 saturated carbocycles. The SMILES string of the molecule is Cc1cc(C)c(COc2ccc(CO)cc2Cl)c(C)c1. The molecule has 0 aliphatic carbocycles. The van der Waals surface area contributed by atoms with Gasteiger partial charge >= 0.3 is 0 Å². The van der Waals surface area contributed by atoms with Crippen LogP contribution in [0, 0.1) is 20.8 Å². The van der Waals surface area contributed by atoms with E-state index in [4.69, 9.17) is 21.4 Å². The maximum Gasteiger partial charge on any atom is 0.138 e. The summed E-state index contributed by atoms with van der Waals surface area (Å²) in [5, 5.41) is 9.59. The predicted molar refractivity (Wildman–Crippen MR) is 82.4 cm³/mol. The van der Waals surface area contributed by atoms with E-state index in [-0.39, 0.29) is 6.61 Å². The van der Waals surface area contributed by atoms with Crippen molar-refractivity contribution in [1.29, 1.82) is 0 Å². The molecular weight excluding hydrogens is 272 g/mol. The second kappa shape index (κ2) is 6.29. The van der Waals surface area contributed by atoms with Gasteiger partial charge in [0.25, 0.3) is 0 Å². The minimum Gasteiger partial charge on any atom is -0.487 e. The zero-order chi connectivity index (χ0) is 14.7. The van der Waals surface area contributed by atoms with Crippen LogP contribution in [0.3, 0.4) is 0 Å². The van der Waals surface area contributed by atoms with Crippen molar-refractivity contribution >= 4 is 11.6 Å². The van der Waals surface area contributed by atoms with E-state index in [1.807, 2.05) is 6.07 Å². The van der Waals surface area contributed by atoms with Gasteiger partial charge in [-0.15, -0.1) is 0 Å². The molecule has 0 amide bonds. The van der Waals surface area contributed by atoms with Crippen molar-refractivity contribution in [3.05, 3.63) is 63.2 Å². The first-order chi connectivity index (χ1) is 9.51. The average molecular weight is 291 g/mol. The van der Waals surface area contributed by atoms with Gasteiger partial charge in [0, 0.05) is 0 Å². The Bertz CT molecular complexity index is 597. The highest BCUT2D eigenvalue weighted by molar-refractivity contribution is 6.32. The van der Waals surface area contributed by atoms with Gasteiger partial charge in [-0.05, 0) is 55.2 Å². The average Bonchev–Trinajstić information content (AvgIpc) is 2.39. The predicted octanol–water partition coefficient (Wildman–Crippen LogP) is 4.34. The van der Waals surface area contributed by atoms with Gasteiger partial charge in [-0.25, -0.2) is 0 Å². The molecule has 2 nitrogen and oxygen atoms in total. The largest absolute Gasteiger partial charge is 0.487 e. The van der Waals surface area contributed by atoms with Crippen LogP contribution in [0.4, 0.5) is 0 Å². The number of hydrogen-bond acceptors (Lipinski definition) is 2. The van der Waals surface area contributed by atoms with Crippen molar-refractivity contribution in [3.63, 3.8) is 0 Å². The second-order valence-corrected chi connectivity index (χ2v) is 5.50. The highest BCUT2D eigenvalue weighted by Crippen LogP contribution is 2.27. The van der Waals surface area contributed by atoms with E-state index in [9.17, 15) is 0 Å². The molecule has 0 unspecified atom stereocenters. The summed E-state index contributed by atoms with van der Waals surface area (Å²) in [6.07, 6.45) is 0. The van der Waals surface area contributed by atoms with Crippen LogP contribution >= 0.6 is 11.6 Å². The van der Waals surface area contributed by atoms with Crippen LogP contribution in [-0.4, -0.2) is 5.11 Å². The number of rotatable bonds is 4. The van der Waals surface area contributed by atoms with Gasteiger partial charge in [0.2, 0.25) is 0 Å². The standard InChI is InChI=1S/C17H19ClO2/c1-11-6-12(2)15(13(3)7-11)10-20-17-5-4-14(9-19)8-16(17)18/h4-8,19H,9-10H2,1-3H3. The molecule has 0 aliphatic heterocycles. The third-order valence-corrected chi connectivity index (χ3v) is 3.69. The van der Waals surface area contributed by atoms with Crippen LogP contribution in [-0.2, 0) is 13.2 Å². The Morgan fingerprint density at radius 1 is 1.05 bits per heavy atom. The molecule has 1 N–H and O–H groups in total. The Balaban J connectivity index is 2.17.